The van der Waals surface area contributed by atoms with Crippen molar-refractivity contribution in [2.75, 3.05) is 44.3 Å². The molecule has 2 fully saturated rings. The van der Waals surface area contributed by atoms with E-state index >= 15 is 0 Å². The topological polar surface area (TPSA) is 71.4 Å². The average Bonchev–Trinajstić information content (AvgIpc) is 3.05. The molecule has 3 aliphatic rings. The molecule has 0 aromatic heterocycles. The minimum atomic E-state index is -1.36. The summed E-state index contributed by atoms with van der Waals surface area (Å²) < 4.78 is 28.8. The van der Waals surface area contributed by atoms with Crippen molar-refractivity contribution < 1.29 is 18.5 Å². The zero-order valence-corrected chi connectivity index (χ0v) is 22.3. The normalized spacial score (nSPS) is 22.7. The Morgan fingerprint density at radius 1 is 1.06 bits per heavy atom. The van der Waals surface area contributed by atoms with Gasteiger partial charge in [-0.05, 0) is 78.5 Å². The van der Waals surface area contributed by atoms with Crippen LogP contribution >= 0.6 is 0 Å². The lowest BCUT2D eigenvalue weighted by molar-refractivity contribution is 0.0159. The molecular weight excluding hydrogens is 450 g/mol. The van der Waals surface area contributed by atoms with Gasteiger partial charge >= 0.3 is 6.09 Å². The third kappa shape index (κ3) is 5.33. The number of carbonyl (C=O) groups is 1. The van der Waals surface area contributed by atoms with Crippen molar-refractivity contribution in [3.63, 3.8) is 0 Å². The lowest BCUT2D eigenvalue weighted by atomic mass is 9.74. The van der Waals surface area contributed by atoms with Crippen LogP contribution in [0.5, 0.6) is 0 Å². The molecule has 1 spiro atoms. The van der Waals surface area contributed by atoms with Gasteiger partial charge in [0.2, 0.25) is 0 Å². The van der Waals surface area contributed by atoms with Gasteiger partial charge in [0.1, 0.15) is 16.6 Å². The van der Waals surface area contributed by atoms with Crippen molar-refractivity contribution in [2.45, 2.75) is 71.2 Å². The van der Waals surface area contributed by atoms with Crippen molar-refractivity contribution >= 4 is 28.5 Å². The second kappa shape index (κ2) is 9.26. The quantitative estimate of drug-likeness (QED) is 0.618. The monoisotopic (exact) mass is 489 g/mol. The molecule has 2 heterocycles. The molecule has 1 amide bonds. The summed E-state index contributed by atoms with van der Waals surface area (Å²) in [4.78, 5) is 16.8. The van der Waals surface area contributed by atoms with Crippen LogP contribution in [0.25, 0.3) is 0 Å². The van der Waals surface area contributed by atoms with Crippen LogP contribution in [0.4, 0.5) is 10.5 Å². The van der Waals surface area contributed by atoms with Gasteiger partial charge in [0.25, 0.3) is 0 Å². The van der Waals surface area contributed by atoms with Crippen LogP contribution < -0.4 is 4.90 Å². The lowest BCUT2D eigenvalue weighted by Gasteiger charge is -2.40. The fourth-order valence-electron chi connectivity index (χ4n) is 4.91. The highest BCUT2D eigenvalue weighted by Crippen LogP contribution is 2.46. The fourth-order valence-corrected chi connectivity index (χ4v) is 5.65. The van der Waals surface area contributed by atoms with Crippen LogP contribution in [0.2, 0.25) is 0 Å². The first-order valence-electron chi connectivity index (χ1n) is 12.3. The Bertz CT molecular complexity index is 979. The molecule has 1 aromatic rings. The number of likely N-dealkylation sites (tertiary alicyclic amines) is 1. The van der Waals surface area contributed by atoms with Gasteiger partial charge in [0.05, 0.1) is 23.7 Å². The highest BCUT2D eigenvalue weighted by atomic mass is 32.2. The third-order valence-corrected chi connectivity index (χ3v) is 8.22. The van der Waals surface area contributed by atoms with Crippen molar-refractivity contribution in [2.24, 2.45) is 9.81 Å². The van der Waals surface area contributed by atoms with E-state index in [1.54, 1.807) is 4.90 Å². The summed E-state index contributed by atoms with van der Waals surface area (Å²) in [7, 11) is -1.36. The summed E-state index contributed by atoms with van der Waals surface area (Å²) in [6.07, 6.45) is 2.18. The van der Waals surface area contributed by atoms with Gasteiger partial charge in [-0.3, -0.25) is 0 Å². The van der Waals surface area contributed by atoms with E-state index in [1.807, 2.05) is 41.5 Å². The number of ether oxygens (including phenoxy) is 2. The predicted molar refractivity (Wildman–Crippen MR) is 137 cm³/mol. The van der Waals surface area contributed by atoms with E-state index in [2.05, 4.69) is 23.1 Å². The first-order valence-corrected chi connectivity index (χ1v) is 13.4. The molecule has 2 saturated heterocycles. The molecule has 188 valence electrons. The van der Waals surface area contributed by atoms with Crippen LogP contribution in [-0.2, 0) is 26.9 Å². The lowest BCUT2D eigenvalue weighted by Crippen LogP contribution is -2.47. The zero-order valence-electron chi connectivity index (χ0n) is 21.5. The SMILES string of the molecule is CC(C)(C)OC(=O)N1CCC2(CC1)Cc1ccc(N3CCOCC3)cc1/C2=N\[S@](=O)C(C)(C)C. The summed E-state index contributed by atoms with van der Waals surface area (Å²) in [5.41, 5.74) is 3.78. The smallest absolute Gasteiger partial charge is 0.410 e. The van der Waals surface area contributed by atoms with Crippen molar-refractivity contribution in [3.8, 4) is 0 Å². The van der Waals surface area contributed by atoms with E-state index in [4.69, 9.17) is 13.9 Å². The van der Waals surface area contributed by atoms with Gasteiger partial charge in [0.15, 0.2) is 0 Å². The number of amides is 1. The van der Waals surface area contributed by atoms with E-state index in [0.717, 1.165) is 56.8 Å². The Morgan fingerprint density at radius 2 is 1.71 bits per heavy atom. The maximum atomic E-state index is 13.2. The number of anilines is 1. The molecule has 1 atom stereocenters. The van der Waals surface area contributed by atoms with E-state index in [9.17, 15) is 9.00 Å². The number of nitrogens with zero attached hydrogens (tertiary/aromatic N) is 3. The second-order valence-corrected chi connectivity index (χ2v) is 13.6. The van der Waals surface area contributed by atoms with E-state index < -0.39 is 21.3 Å². The summed E-state index contributed by atoms with van der Waals surface area (Å²) in [6.45, 7) is 16.0. The number of benzene rings is 1. The molecule has 0 unspecified atom stereocenters. The van der Waals surface area contributed by atoms with Gasteiger partial charge in [-0.15, -0.1) is 0 Å². The highest BCUT2D eigenvalue weighted by molar-refractivity contribution is 7.85. The Labute approximate surface area is 206 Å². The number of carbonyl (C=O) groups excluding carboxylic acids is 1. The van der Waals surface area contributed by atoms with Gasteiger partial charge in [-0.1, -0.05) is 6.07 Å². The molecule has 4 rings (SSSR count). The molecule has 1 aliphatic carbocycles. The summed E-state index contributed by atoms with van der Waals surface area (Å²) in [5.74, 6) is 0. The van der Waals surface area contributed by atoms with Crippen LogP contribution in [0.3, 0.4) is 0 Å². The number of morpholine rings is 1. The Kier molecular flexibility index (Phi) is 6.86. The third-order valence-electron chi connectivity index (χ3n) is 6.83. The second-order valence-electron chi connectivity index (χ2n) is 11.7. The minimum Gasteiger partial charge on any atom is -0.444 e. The molecule has 8 heteroatoms. The van der Waals surface area contributed by atoms with Gasteiger partial charge in [-0.2, -0.15) is 4.40 Å². The number of rotatable bonds is 2. The summed E-state index contributed by atoms with van der Waals surface area (Å²) in [5, 5.41) is 0. The molecule has 0 radical (unpaired) electrons. The van der Waals surface area contributed by atoms with Gasteiger partial charge in [0, 0.05) is 42.8 Å². The number of piperidine rings is 1. The molecule has 34 heavy (non-hydrogen) atoms. The standard InChI is InChI=1S/C26H39N3O4S/c1-24(2,3)33-23(30)29-11-9-26(10-12-29)18-19-7-8-20(28-13-15-32-16-14-28)17-21(19)22(26)27-34(31)25(4,5)6/h7-8,17H,9-16,18H2,1-6H3/b27-22+/t34-/m1/s1. The van der Waals surface area contributed by atoms with E-state index in [1.165, 1.54) is 11.3 Å². The van der Waals surface area contributed by atoms with Gasteiger partial charge < -0.3 is 19.3 Å². The highest BCUT2D eigenvalue weighted by Gasteiger charge is 2.47. The Hall–Kier alpha value is -1.93. The molecule has 0 saturated carbocycles. The number of hydrogen-bond acceptors (Lipinski definition) is 5. The van der Waals surface area contributed by atoms with Crippen molar-refractivity contribution in [1.29, 1.82) is 0 Å². The van der Waals surface area contributed by atoms with E-state index in [0.29, 0.717) is 13.1 Å². The predicted octanol–water partition coefficient (Wildman–Crippen LogP) is 4.35. The number of fused-ring (bicyclic) bond motifs is 1. The molecule has 0 bridgehead atoms. The average molecular weight is 490 g/mol. The molecule has 7 nitrogen and oxygen atoms in total. The summed E-state index contributed by atoms with van der Waals surface area (Å²) >= 11 is 0. The minimum absolute atomic E-state index is 0.203. The Morgan fingerprint density at radius 3 is 2.29 bits per heavy atom. The molecule has 2 aliphatic heterocycles. The summed E-state index contributed by atoms with van der Waals surface area (Å²) in [6, 6.07) is 6.64. The van der Waals surface area contributed by atoms with Crippen molar-refractivity contribution in [3.05, 3.63) is 29.3 Å². The first kappa shape index (κ1) is 25.2. The van der Waals surface area contributed by atoms with Crippen LogP contribution in [0, 0.1) is 5.41 Å². The van der Waals surface area contributed by atoms with Crippen LogP contribution in [-0.4, -0.2) is 70.7 Å². The first-order chi connectivity index (χ1) is 15.9. The maximum Gasteiger partial charge on any atom is 0.410 e. The van der Waals surface area contributed by atoms with Crippen LogP contribution in [0.15, 0.2) is 22.6 Å². The zero-order chi connectivity index (χ0) is 24.7. The fraction of sp³-hybridized carbons (Fsp3) is 0.692. The molecule has 0 N–H and O–H groups in total. The van der Waals surface area contributed by atoms with Crippen molar-refractivity contribution in [1.82, 2.24) is 4.90 Å². The number of hydrogen-bond donors (Lipinski definition) is 0. The van der Waals surface area contributed by atoms with Gasteiger partial charge in [-0.25, -0.2) is 9.00 Å². The molecule has 1 aromatic carbocycles. The maximum absolute atomic E-state index is 13.2. The van der Waals surface area contributed by atoms with Crippen LogP contribution in [0.1, 0.15) is 65.5 Å². The molecular formula is C26H39N3O4S. The van der Waals surface area contributed by atoms with E-state index in [-0.39, 0.29) is 11.5 Å². The largest absolute Gasteiger partial charge is 0.444 e. The Balaban J connectivity index is 1.64.